The van der Waals surface area contributed by atoms with Crippen molar-refractivity contribution < 1.29 is 4.79 Å². The molecule has 0 aliphatic carbocycles. The smallest absolute Gasteiger partial charge is 0.228 e. The predicted octanol–water partition coefficient (Wildman–Crippen LogP) is 4.13. The van der Waals surface area contributed by atoms with Crippen LogP contribution in [0.4, 0.5) is 5.82 Å². The maximum absolute atomic E-state index is 11.8. The second kappa shape index (κ2) is 5.64. The van der Waals surface area contributed by atoms with Gasteiger partial charge in [-0.2, -0.15) is 5.10 Å². The highest BCUT2D eigenvalue weighted by atomic mass is 16.1. The van der Waals surface area contributed by atoms with Crippen LogP contribution in [-0.2, 0) is 4.79 Å². The number of fused-ring (bicyclic) bond motifs is 1. The molecule has 0 aliphatic rings. The van der Waals surface area contributed by atoms with Gasteiger partial charge >= 0.3 is 0 Å². The van der Waals surface area contributed by atoms with Crippen molar-refractivity contribution in [1.82, 2.24) is 10.2 Å². The summed E-state index contributed by atoms with van der Waals surface area (Å²) in [6.45, 7) is 5.80. The number of aryl methyl sites for hydroxylation is 1. The summed E-state index contributed by atoms with van der Waals surface area (Å²) in [4.78, 5) is 11.8. The highest BCUT2D eigenvalue weighted by Gasteiger charge is 2.12. The monoisotopic (exact) mass is 293 g/mol. The molecule has 0 fully saturated rings. The average molecular weight is 293 g/mol. The first-order chi connectivity index (χ1) is 10.5. The molecule has 4 nitrogen and oxygen atoms in total. The van der Waals surface area contributed by atoms with Crippen LogP contribution in [0.3, 0.4) is 0 Å². The van der Waals surface area contributed by atoms with E-state index in [1.807, 2.05) is 19.9 Å². The van der Waals surface area contributed by atoms with Gasteiger partial charge in [0.15, 0.2) is 5.82 Å². The number of hydrogen-bond acceptors (Lipinski definition) is 2. The Morgan fingerprint density at radius 3 is 2.64 bits per heavy atom. The lowest BCUT2D eigenvalue weighted by Gasteiger charge is -2.06. The zero-order valence-corrected chi connectivity index (χ0v) is 13.0. The maximum atomic E-state index is 11.8. The molecule has 0 radical (unpaired) electrons. The van der Waals surface area contributed by atoms with E-state index < -0.39 is 0 Å². The number of rotatable bonds is 3. The van der Waals surface area contributed by atoms with Gasteiger partial charge in [-0.1, -0.05) is 49.7 Å². The molecule has 0 unspecified atom stereocenters. The molecule has 2 aromatic carbocycles. The summed E-state index contributed by atoms with van der Waals surface area (Å²) in [5, 5.41) is 11.0. The molecule has 3 rings (SSSR count). The number of nitrogens with one attached hydrogen (secondary N) is 2. The minimum absolute atomic E-state index is 0.0313. The van der Waals surface area contributed by atoms with Gasteiger partial charge in [0.1, 0.15) is 0 Å². The molecule has 0 aliphatic heterocycles. The lowest BCUT2D eigenvalue weighted by atomic mass is 10.0. The Hall–Kier alpha value is -2.62. The third-order valence-corrected chi connectivity index (χ3v) is 3.68. The molecule has 0 atom stereocenters. The number of anilines is 1. The van der Waals surface area contributed by atoms with Crippen LogP contribution in [0.2, 0.25) is 0 Å². The lowest BCUT2D eigenvalue weighted by molar-refractivity contribution is -0.118. The zero-order valence-electron chi connectivity index (χ0n) is 13.0. The highest BCUT2D eigenvalue weighted by molar-refractivity contribution is 6.01. The van der Waals surface area contributed by atoms with E-state index in [-0.39, 0.29) is 11.8 Å². The molecule has 22 heavy (non-hydrogen) atoms. The molecular formula is C18H19N3O. The van der Waals surface area contributed by atoms with Crippen LogP contribution in [-0.4, -0.2) is 16.1 Å². The van der Waals surface area contributed by atoms with Crippen molar-refractivity contribution in [1.29, 1.82) is 0 Å². The average Bonchev–Trinajstić information content (AvgIpc) is 2.89. The first-order valence-electron chi connectivity index (χ1n) is 7.40. The van der Waals surface area contributed by atoms with Gasteiger partial charge in [-0.25, -0.2) is 0 Å². The molecule has 0 bridgehead atoms. The van der Waals surface area contributed by atoms with E-state index in [0.717, 1.165) is 16.5 Å². The van der Waals surface area contributed by atoms with Crippen LogP contribution in [0.5, 0.6) is 0 Å². The van der Waals surface area contributed by atoms with Crippen LogP contribution >= 0.6 is 0 Å². The standard InChI is InChI=1S/C18H19N3O/c1-11(2)18(22)19-17-15-8-7-14(10-16(15)20-21-17)13-6-4-5-12(3)9-13/h4-11H,1-3H3,(H2,19,20,21,22). The van der Waals surface area contributed by atoms with E-state index in [2.05, 4.69) is 58.8 Å². The van der Waals surface area contributed by atoms with Crippen molar-refractivity contribution in [2.24, 2.45) is 5.92 Å². The van der Waals surface area contributed by atoms with E-state index in [1.54, 1.807) is 0 Å². The van der Waals surface area contributed by atoms with Crippen LogP contribution in [0, 0.1) is 12.8 Å². The van der Waals surface area contributed by atoms with E-state index >= 15 is 0 Å². The second-order valence-corrected chi connectivity index (χ2v) is 5.85. The summed E-state index contributed by atoms with van der Waals surface area (Å²) < 4.78 is 0. The molecule has 0 saturated carbocycles. The number of aromatic amines is 1. The number of aromatic nitrogens is 2. The molecule has 0 saturated heterocycles. The Labute approximate surface area is 129 Å². The van der Waals surface area contributed by atoms with Gasteiger partial charge in [0, 0.05) is 11.3 Å². The first kappa shape index (κ1) is 14.3. The van der Waals surface area contributed by atoms with Gasteiger partial charge in [0.2, 0.25) is 5.91 Å². The quantitative estimate of drug-likeness (QED) is 0.762. The topological polar surface area (TPSA) is 57.8 Å². The van der Waals surface area contributed by atoms with Crippen molar-refractivity contribution in [3.05, 3.63) is 48.0 Å². The van der Waals surface area contributed by atoms with Gasteiger partial charge in [-0.15, -0.1) is 0 Å². The molecular weight excluding hydrogens is 274 g/mol. The Morgan fingerprint density at radius 2 is 1.91 bits per heavy atom. The van der Waals surface area contributed by atoms with Crippen LogP contribution in [0.15, 0.2) is 42.5 Å². The third kappa shape index (κ3) is 2.72. The number of hydrogen-bond donors (Lipinski definition) is 2. The molecule has 1 aromatic heterocycles. The SMILES string of the molecule is Cc1cccc(-c2ccc3c(NC(=O)C(C)C)n[nH]c3c2)c1. The largest absolute Gasteiger partial charge is 0.308 e. The molecule has 4 heteroatoms. The van der Waals surface area contributed by atoms with Crippen molar-refractivity contribution in [2.45, 2.75) is 20.8 Å². The highest BCUT2D eigenvalue weighted by Crippen LogP contribution is 2.27. The number of carbonyl (C=O) groups excluding carboxylic acids is 1. The van der Waals surface area contributed by atoms with Crippen molar-refractivity contribution >= 4 is 22.6 Å². The Bertz CT molecular complexity index is 833. The van der Waals surface area contributed by atoms with E-state index in [4.69, 9.17) is 0 Å². The Morgan fingerprint density at radius 1 is 1.14 bits per heavy atom. The summed E-state index contributed by atoms with van der Waals surface area (Å²) in [6.07, 6.45) is 0. The Kier molecular flexibility index (Phi) is 3.67. The van der Waals surface area contributed by atoms with Crippen molar-refractivity contribution in [2.75, 3.05) is 5.32 Å². The summed E-state index contributed by atoms with van der Waals surface area (Å²) in [5.41, 5.74) is 4.44. The fourth-order valence-electron chi connectivity index (χ4n) is 2.38. The summed E-state index contributed by atoms with van der Waals surface area (Å²) in [7, 11) is 0. The molecule has 2 N–H and O–H groups in total. The van der Waals surface area contributed by atoms with Gasteiger partial charge in [-0.05, 0) is 30.2 Å². The molecule has 1 amide bonds. The molecule has 3 aromatic rings. The molecule has 1 heterocycles. The lowest BCUT2D eigenvalue weighted by Crippen LogP contribution is -2.18. The number of H-pyrrole nitrogens is 1. The Balaban J connectivity index is 1.97. The van der Waals surface area contributed by atoms with Crippen LogP contribution in [0.1, 0.15) is 19.4 Å². The third-order valence-electron chi connectivity index (χ3n) is 3.68. The van der Waals surface area contributed by atoms with Crippen molar-refractivity contribution in [3.63, 3.8) is 0 Å². The zero-order chi connectivity index (χ0) is 15.7. The van der Waals surface area contributed by atoms with E-state index in [9.17, 15) is 4.79 Å². The minimum atomic E-state index is -0.0710. The minimum Gasteiger partial charge on any atom is -0.308 e. The van der Waals surface area contributed by atoms with Crippen LogP contribution < -0.4 is 5.32 Å². The van der Waals surface area contributed by atoms with Gasteiger partial charge < -0.3 is 5.32 Å². The maximum Gasteiger partial charge on any atom is 0.228 e. The summed E-state index contributed by atoms with van der Waals surface area (Å²) in [5.74, 6) is 0.485. The second-order valence-electron chi connectivity index (χ2n) is 5.85. The van der Waals surface area contributed by atoms with Crippen molar-refractivity contribution in [3.8, 4) is 11.1 Å². The van der Waals surface area contributed by atoms with Crippen LogP contribution in [0.25, 0.3) is 22.0 Å². The number of nitrogens with zero attached hydrogens (tertiary/aromatic N) is 1. The summed E-state index contributed by atoms with van der Waals surface area (Å²) in [6, 6.07) is 14.5. The predicted molar refractivity (Wildman–Crippen MR) is 89.7 cm³/mol. The molecule has 0 spiro atoms. The number of amides is 1. The van der Waals surface area contributed by atoms with Gasteiger partial charge in [0.25, 0.3) is 0 Å². The van der Waals surface area contributed by atoms with E-state index in [1.165, 1.54) is 11.1 Å². The number of carbonyl (C=O) groups is 1. The normalized spacial score (nSPS) is 11.1. The van der Waals surface area contributed by atoms with E-state index in [0.29, 0.717) is 5.82 Å². The fourth-order valence-corrected chi connectivity index (χ4v) is 2.38. The molecule has 112 valence electrons. The number of benzene rings is 2. The summed E-state index contributed by atoms with van der Waals surface area (Å²) >= 11 is 0. The van der Waals surface area contributed by atoms with Gasteiger partial charge in [0.05, 0.1) is 5.52 Å². The van der Waals surface area contributed by atoms with Gasteiger partial charge in [-0.3, -0.25) is 9.89 Å². The fraction of sp³-hybridized carbons (Fsp3) is 0.222. The first-order valence-corrected chi connectivity index (χ1v) is 7.40.